The molecule has 0 spiro atoms. The van der Waals surface area contributed by atoms with Gasteiger partial charge in [-0.05, 0) is 37.8 Å². The number of nitrogens with one attached hydrogen (secondary N) is 1. The molecule has 0 aliphatic heterocycles. The number of rotatable bonds is 3. The van der Waals surface area contributed by atoms with Crippen molar-refractivity contribution in [1.29, 1.82) is 0 Å². The van der Waals surface area contributed by atoms with E-state index < -0.39 is 17.3 Å². The Hall–Kier alpha value is -1.45. The summed E-state index contributed by atoms with van der Waals surface area (Å²) in [7, 11) is 0. The van der Waals surface area contributed by atoms with E-state index in [1.165, 1.54) is 18.3 Å². The van der Waals surface area contributed by atoms with Gasteiger partial charge in [-0.2, -0.15) is 0 Å². The minimum absolute atomic E-state index is 0.0828. The summed E-state index contributed by atoms with van der Waals surface area (Å²) < 4.78 is 13.4. The molecule has 1 amide bonds. The van der Waals surface area contributed by atoms with E-state index in [4.69, 9.17) is 0 Å². The molecule has 0 unspecified atom stereocenters. The fourth-order valence-electron chi connectivity index (χ4n) is 2.29. The molecule has 0 aliphatic carbocycles. The quantitative estimate of drug-likeness (QED) is 0.897. The highest BCUT2D eigenvalue weighted by atomic mass is 19.1. The van der Waals surface area contributed by atoms with E-state index >= 15 is 0 Å². The van der Waals surface area contributed by atoms with Gasteiger partial charge in [0.25, 0.3) is 5.91 Å². The van der Waals surface area contributed by atoms with Crippen molar-refractivity contribution in [2.45, 2.75) is 46.6 Å². The maximum Gasteiger partial charge on any atom is 0.273 e. The maximum absolute atomic E-state index is 13.4. The van der Waals surface area contributed by atoms with Crippen LogP contribution in [0.3, 0.4) is 0 Å². The highest BCUT2D eigenvalue weighted by Crippen LogP contribution is 2.27. The molecule has 0 fully saturated rings. The first-order chi connectivity index (χ1) is 8.11. The molecule has 0 saturated heterocycles. The number of hydrogen-bond acceptors (Lipinski definition) is 2. The van der Waals surface area contributed by atoms with Crippen molar-refractivity contribution in [3.05, 3.63) is 29.8 Å². The molecule has 0 bridgehead atoms. The molecular formula is C14H21FN2O. The minimum Gasteiger partial charge on any atom is -0.346 e. The average molecular weight is 252 g/mol. The van der Waals surface area contributed by atoms with E-state index in [1.807, 2.05) is 13.8 Å². The first kappa shape index (κ1) is 14.6. The Morgan fingerprint density at radius 3 is 2.44 bits per heavy atom. The number of amides is 1. The summed E-state index contributed by atoms with van der Waals surface area (Å²) in [6, 6.07) is 2.70. The number of nitrogens with zero attached hydrogens (tertiary/aromatic N) is 1. The first-order valence-corrected chi connectivity index (χ1v) is 6.04. The lowest BCUT2D eigenvalue weighted by Gasteiger charge is -2.33. The lowest BCUT2D eigenvalue weighted by atomic mass is 9.82. The Kier molecular flexibility index (Phi) is 4.09. The van der Waals surface area contributed by atoms with Crippen LogP contribution < -0.4 is 5.32 Å². The van der Waals surface area contributed by atoms with Crippen LogP contribution in [0.15, 0.2) is 18.3 Å². The summed E-state index contributed by atoms with van der Waals surface area (Å²) >= 11 is 0. The molecule has 1 rings (SSSR count). The van der Waals surface area contributed by atoms with E-state index in [0.29, 0.717) is 0 Å². The van der Waals surface area contributed by atoms with Gasteiger partial charge in [-0.15, -0.1) is 0 Å². The zero-order chi connectivity index (χ0) is 14.0. The van der Waals surface area contributed by atoms with Crippen molar-refractivity contribution in [3.63, 3.8) is 0 Å². The molecule has 0 saturated carbocycles. The summed E-state index contributed by atoms with van der Waals surface area (Å²) in [6.07, 6.45) is 2.20. The van der Waals surface area contributed by atoms with Gasteiger partial charge in [0.05, 0.1) is 0 Å². The summed E-state index contributed by atoms with van der Waals surface area (Å²) in [5, 5.41) is 2.83. The third kappa shape index (κ3) is 4.43. The van der Waals surface area contributed by atoms with Gasteiger partial charge in [0.2, 0.25) is 0 Å². The lowest BCUT2D eigenvalue weighted by Crippen LogP contribution is -2.46. The number of carbonyl (C=O) groups is 1. The predicted octanol–water partition coefficient (Wildman–Crippen LogP) is 3.17. The minimum atomic E-state index is -0.596. The molecule has 0 atom stereocenters. The fraction of sp³-hybridized carbons (Fsp3) is 0.571. The van der Waals surface area contributed by atoms with Crippen LogP contribution in [0.4, 0.5) is 4.39 Å². The number of pyridine rings is 1. The largest absolute Gasteiger partial charge is 0.346 e. The van der Waals surface area contributed by atoms with Crippen LogP contribution in [0.1, 0.15) is 51.5 Å². The van der Waals surface area contributed by atoms with Gasteiger partial charge in [0, 0.05) is 11.7 Å². The van der Waals surface area contributed by atoms with Crippen LogP contribution in [-0.2, 0) is 0 Å². The van der Waals surface area contributed by atoms with Crippen molar-refractivity contribution in [2.75, 3.05) is 0 Å². The Bertz CT molecular complexity index is 436. The van der Waals surface area contributed by atoms with Crippen molar-refractivity contribution in [3.8, 4) is 0 Å². The van der Waals surface area contributed by atoms with Crippen molar-refractivity contribution >= 4 is 5.91 Å². The maximum atomic E-state index is 13.4. The second-order valence-corrected chi connectivity index (χ2v) is 6.41. The van der Waals surface area contributed by atoms with Crippen molar-refractivity contribution in [2.24, 2.45) is 5.41 Å². The predicted molar refractivity (Wildman–Crippen MR) is 69.8 cm³/mol. The molecular weight excluding hydrogens is 231 g/mol. The van der Waals surface area contributed by atoms with Crippen molar-refractivity contribution in [1.82, 2.24) is 10.3 Å². The van der Waals surface area contributed by atoms with E-state index in [-0.39, 0.29) is 11.1 Å². The van der Waals surface area contributed by atoms with Crippen LogP contribution in [0.25, 0.3) is 0 Å². The Labute approximate surface area is 108 Å². The molecule has 1 aromatic heterocycles. The highest BCUT2D eigenvalue weighted by molar-refractivity contribution is 5.92. The van der Waals surface area contributed by atoms with Gasteiger partial charge < -0.3 is 5.32 Å². The van der Waals surface area contributed by atoms with Gasteiger partial charge in [0.1, 0.15) is 0 Å². The molecule has 0 aliphatic rings. The monoisotopic (exact) mass is 252 g/mol. The first-order valence-electron chi connectivity index (χ1n) is 6.04. The zero-order valence-corrected chi connectivity index (χ0v) is 11.7. The van der Waals surface area contributed by atoms with E-state index in [1.54, 1.807) is 0 Å². The van der Waals surface area contributed by atoms with Gasteiger partial charge in [-0.25, -0.2) is 9.37 Å². The zero-order valence-electron chi connectivity index (χ0n) is 11.7. The van der Waals surface area contributed by atoms with Gasteiger partial charge in [-0.1, -0.05) is 20.8 Å². The van der Waals surface area contributed by atoms with Gasteiger partial charge in [0.15, 0.2) is 11.5 Å². The molecule has 0 aromatic carbocycles. The van der Waals surface area contributed by atoms with Crippen LogP contribution in [0.2, 0.25) is 0 Å². The number of halogens is 1. The lowest BCUT2D eigenvalue weighted by molar-refractivity contribution is 0.0881. The van der Waals surface area contributed by atoms with Gasteiger partial charge >= 0.3 is 0 Å². The van der Waals surface area contributed by atoms with Crippen LogP contribution >= 0.6 is 0 Å². The molecule has 100 valence electrons. The van der Waals surface area contributed by atoms with E-state index in [2.05, 4.69) is 31.1 Å². The average Bonchev–Trinajstić information content (AvgIpc) is 2.12. The Morgan fingerprint density at radius 2 is 1.94 bits per heavy atom. The Balaban J connectivity index is 2.79. The van der Waals surface area contributed by atoms with Crippen LogP contribution in [-0.4, -0.2) is 16.4 Å². The molecule has 18 heavy (non-hydrogen) atoms. The van der Waals surface area contributed by atoms with Crippen LogP contribution in [0, 0.1) is 11.2 Å². The molecule has 1 aromatic rings. The summed E-state index contributed by atoms with van der Waals surface area (Å²) in [4.78, 5) is 15.7. The SMILES string of the molecule is CC(C)(C)CC(C)(C)NC(=O)c1ncccc1F. The topological polar surface area (TPSA) is 42.0 Å². The third-order valence-corrected chi connectivity index (χ3v) is 2.40. The van der Waals surface area contributed by atoms with Crippen molar-refractivity contribution < 1.29 is 9.18 Å². The van der Waals surface area contributed by atoms with Crippen LogP contribution in [0.5, 0.6) is 0 Å². The Morgan fingerprint density at radius 1 is 1.33 bits per heavy atom. The molecule has 4 heteroatoms. The molecule has 1 N–H and O–H groups in total. The second kappa shape index (κ2) is 5.04. The summed E-state index contributed by atoms with van der Waals surface area (Å²) in [6.45, 7) is 10.2. The smallest absolute Gasteiger partial charge is 0.273 e. The summed E-state index contributed by atoms with van der Waals surface area (Å²) in [5.74, 6) is -1.07. The molecule has 3 nitrogen and oxygen atoms in total. The third-order valence-electron chi connectivity index (χ3n) is 2.40. The molecule has 0 radical (unpaired) electrons. The summed E-state index contributed by atoms with van der Waals surface area (Å²) in [5.41, 5.74) is -0.474. The van der Waals surface area contributed by atoms with E-state index in [9.17, 15) is 9.18 Å². The fourth-order valence-corrected chi connectivity index (χ4v) is 2.29. The number of hydrogen-bond donors (Lipinski definition) is 1. The second-order valence-electron chi connectivity index (χ2n) is 6.41. The standard InChI is InChI=1S/C14H21FN2O/c1-13(2,3)9-14(4,5)17-12(18)11-10(15)7-6-8-16-11/h6-8H,9H2,1-5H3,(H,17,18). The van der Waals surface area contributed by atoms with E-state index in [0.717, 1.165) is 6.42 Å². The van der Waals surface area contributed by atoms with Gasteiger partial charge in [-0.3, -0.25) is 4.79 Å². The number of carbonyl (C=O) groups excluding carboxylic acids is 1. The highest BCUT2D eigenvalue weighted by Gasteiger charge is 2.28. The normalized spacial score (nSPS) is 12.3. The number of aromatic nitrogens is 1. The molecule has 1 heterocycles.